The van der Waals surface area contributed by atoms with E-state index in [1.165, 1.54) is 0 Å². The van der Waals surface area contributed by atoms with E-state index >= 15 is 0 Å². The van der Waals surface area contributed by atoms with Crippen molar-refractivity contribution in [3.8, 4) is 0 Å². The average molecular weight is 234 g/mol. The van der Waals surface area contributed by atoms with Crippen molar-refractivity contribution in [1.82, 2.24) is 5.32 Å². The van der Waals surface area contributed by atoms with E-state index in [2.05, 4.69) is 10.6 Å². The smallest absolute Gasteiger partial charge is 0.329 e. The van der Waals surface area contributed by atoms with Crippen LogP contribution < -0.4 is 10.6 Å². The number of anilines is 1. The number of carbonyl (C=O) groups is 2. The van der Waals surface area contributed by atoms with Crippen molar-refractivity contribution in [3.63, 3.8) is 0 Å². The second kappa shape index (κ2) is 5.69. The van der Waals surface area contributed by atoms with Gasteiger partial charge in [0.25, 0.3) is 0 Å². The Bertz CT molecular complexity index is 447. The van der Waals surface area contributed by atoms with E-state index < -0.39 is 12.0 Å². The van der Waals surface area contributed by atoms with Gasteiger partial charge < -0.3 is 15.7 Å². The van der Waals surface area contributed by atoms with Crippen LogP contribution in [0.5, 0.6) is 0 Å². The number of aliphatic carboxylic acids is 1. The molecule has 0 aliphatic heterocycles. The average Bonchev–Trinajstić information content (AvgIpc) is 2.14. The molecule has 5 heteroatoms. The minimum Gasteiger partial charge on any atom is -0.478 e. The first kappa shape index (κ1) is 12.8. The minimum absolute atomic E-state index is 0.479. The number of aryl methyl sites for hydroxylation is 2. The molecule has 0 heterocycles. The Morgan fingerprint density at radius 2 is 1.76 bits per heavy atom. The first-order valence-electron chi connectivity index (χ1n) is 5.02. The van der Waals surface area contributed by atoms with Gasteiger partial charge in [-0.15, -0.1) is 0 Å². The van der Waals surface area contributed by atoms with Crippen molar-refractivity contribution in [3.05, 3.63) is 41.6 Å². The fourth-order valence-corrected chi connectivity index (χ4v) is 1.40. The summed E-state index contributed by atoms with van der Waals surface area (Å²) in [5.41, 5.74) is 2.76. The molecule has 0 aliphatic carbocycles. The van der Waals surface area contributed by atoms with Crippen LogP contribution in [0.25, 0.3) is 0 Å². The van der Waals surface area contributed by atoms with Crippen LogP contribution in [-0.4, -0.2) is 17.1 Å². The van der Waals surface area contributed by atoms with Crippen LogP contribution in [0, 0.1) is 13.8 Å². The molecule has 0 saturated carbocycles. The SMILES string of the molecule is Cc1cc(C)cc(NC(=O)N/C=C/C(=O)O)c1. The number of carboxylic acid groups (broad SMARTS) is 1. The molecule has 0 fully saturated rings. The maximum atomic E-state index is 11.4. The molecule has 0 saturated heterocycles. The lowest BCUT2D eigenvalue weighted by Gasteiger charge is -2.06. The van der Waals surface area contributed by atoms with Gasteiger partial charge in [0.1, 0.15) is 0 Å². The first-order chi connectivity index (χ1) is 7.97. The van der Waals surface area contributed by atoms with Gasteiger partial charge in [-0.05, 0) is 37.1 Å². The van der Waals surface area contributed by atoms with Crippen molar-refractivity contribution >= 4 is 17.7 Å². The largest absolute Gasteiger partial charge is 0.478 e. The van der Waals surface area contributed by atoms with Gasteiger partial charge in [0.2, 0.25) is 0 Å². The Kier molecular flexibility index (Phi) is 4.28. The normalized spacial score (nSPS) is 10.2. The summed E-state index contributed by atoms with van der Waals surface area (Å²) in [6.07, 6.45) is 1.92. The highest BCUT2D eigenvalue weighted by molar-refractivity contribution is 5.90. The number of urea groups is 1. The zero-order valence-electron chi connectivity index (χ0n) is 9.65. The second-order valence-corrected chi connectivity index (χ2v) is 3.65. The van der Waals surface area contributed by atoms with Gasteiger partial charge in [-0.2, -0.15) is 0 Å². The maximum absolute atomic E-state index is 11.4. The third kappa shape index (κ3) is 4.83. The number of amides is 2. The van der Waals surface area contributed by atoms with Gasteiger partial charge in [-0.3, -0.25) is 0 Å². The van der Waals surface area contributed by atoms with Crippen molar-refractivity contribution in [2.45, 2.75) is 13.8 Å². The van der Waals surface area contributed by atoms with Crippen molar-refractivity contribution in [2.24, 2.45) is 0 Å². The second-order valence-electron chi connectivity index (χ2n) is 3.65. The van der Waals surface area contributed by atoms with Crippen LogP contribution in [0.4, 0.5) is 10.5 Å². The summed E-state index contributed by atoms with van der Waals surface area (Å²) < 4.78 is 0. The molecule has 1 aromatic carbocycles. The van der Waals surface area contributed by atoms with Crippen LogP contribution in [0.2, 0.25) is 0 Å². The highest BCUT2D eigenvalue weighted by Gasteiger charge is 2.00. The van der Waals surface area contributed by atoms with E-state index in [9.17, 15) is 9.59 Å². The molecule has 17 heavy (non-hydrogen) atoms. The summed E-state index contributed by atoms with van der Waals surface area (Å²) in [5, 5.41) is 13.2. The molecule has 0 spiro atoms. The standard InChI is InChI=1S/C12H14N2O3/c1-8-5-9(2)7-10(6-8)14-12(17)13-4-3-11(15)16/h3-7H,1-2H3,(H,15,16)(H2,13,14,17)/b4-3+. The van der Waals surface area contributed by atoms with Crippen LogP contribution in [-0.2, 0) is 4.79 Å². The highest BCUT2D eigenvalue weighted by atomic mass is 16.4. The van der Waals surface area contributed by atoms with E-state index in [1.54, 1.807) is 0 Å². The number of hydrogen-bond acceptors (Lipinski definition) is 2. The highest BCUT2D eigenvalue weighted by Crippen LogP contribution is 2.13. The zero-order valence-corrected chi connectivity index (χ0v) is 9.65. The summed E-state index contributed by atoms with van der Waals surface area (Å²) >= 11 is 0. The van der Waals surface area contributed by atoms with E-state index in [0.29, 0.717) is 5.69 Å². The number of carbonyl (C=O) groups excluding carboxylic acids is 1. The molecular formula is C12H14N2O3. The fourth-order valence-electron chi connectivity index (χ4n) is 1.40. The molecule has 90 valence electrons. The Hall–Kier alpha value is -2.30. The predicted molar refractivity (Wildman–Crippen MR) is 64.8 cm³/mol. The van der Waals surface area contributed by atoms with E-state index in [4.69, 9.17) is 5.11 Å². The molecule has 3 N–H and O–H groups in total. The first-order valence-corrected chi connectivity index (χ1v) is 5.02. The number of rotatable bonds is 3. The molecule has 0 aliphatic rings. The van der Waals surface area contributed by atoms with Gasteiger partial charge in [-0.1, -0.05) is 6.07 Å². The van der Waals surface area contributed by atoms with Gasteiger partial charge in [-0.25, -0.2) is 9.59 Å². The molecular weight excluding hydrogens is 220 g/mol. The molecule has 2 amide bonds. The van der Waals surface area contributed by atoms with Crippen molar-refractivity contribution < 1.29 is 14.7 Å². The zero-order chi connectivity index (χ0) is 12.8. The number of hydrogen-bond donors (Lipinski definition) is 3. The van der Waals surface area contributed by atoms with Gasteiger partial charge >= 0.3 is 12.0 Å². The summed E-state index contributed by atoms with van der Waals surface area (Å²) in [5.74, 6) is -1.11. The monoisotopic (exact) mass is 234 g/mol. The lowest BCUT2D eigenvalue weighted by atomic mass is 10.1. The summed E-state index contributed by atoms with van der Waals surface area (Å²) in [6, 6.07) is 5.17. The third-order valence-electron chi connectivity index (χ3n) is 1.92. The Labute approximate surface area is 99.1 Å². The molecule has 0 atom stereocenters. The molecule has 0 radical (unpaired) electrons. The third-order valence-corrected chi connectivity index (χ3v) is 1.92. The van der Waals surface area contributed by atoms with Crippen LogP contribution in [0.15, 0.2) is 30.5 Å². The van der Waals surface area contributed by atoms with Gasteiger partial charge in [0, 0.05) is 18.0 Å². The molecule has 0 unspecified atom stereocenters. The minimum atomic E-state index is -1.11. The predicted octanol–water partition coefficient (Wildman–Crippen LogP) is 2.02. The lowest BCUT2D eigenvalue weighted by molar-refractivity contribution is -0.131. The molecule has 5 nitrogen and oxygen atoms in total. The lowest BCUT2D eigenvalue weighted by Crippen LogP contribution is -2.24. The maximum Gasteiger partial charge on any atom is 0.329 e. The van der Waals surface area contributed by atoms with E-state index in [-0.39, 0.29) is 0 Å². The number of benzene rings is 1. The Balaban J connectivity index is 2.59. The van der Waals surface area contributed by atoms with Gasteiger partial charge in [0.15, 0.2) is 0 Å². The van der Waals surface area contributed by atoms with Crippen LogP contribution in [0.1, 0.15) is 11.1 Å². The Morgan fingerprint density at radius 3 is 2.29 bits per heavy atom. The van der Waals surface area contributed by atoms with E-state index in [1.807, 2.05) is 32.0 Å². The van der Waals surface area contributed by atoms with E-state index in [0.717, 1.165) is 23.4 Å². The summed E-state index contributed by atoms with van der Waals surface area (Å²) in [4.78, 5) is 21.5. The van der Waals surface area contributed by atoms with Crippen LogP contribution in [0.3, 0.4) is 0 Å². The summed E-state index contributed by atoms with van der Waals surface area (Å²) in [7, 11) is 0. The number of carboxylic acids is 1. The molecule has 0 bridgehead atoms. The van der Waals surface area contributed by atoms with Crippen LogP contribution >= 0.6 is 0 Å². The summed E-state index contributed by atoms with van der Waals surface area (Å²) in [6.45, 7) is 3.86. The van der Waals surface area contributed by atoms with Crippen molar-refractivity contribution in [1.29, 1.82) is 0 Å². The quantitative estimate of drug-likeness (QED) is 0.700. The topological polar surface area (TPSA) is 78.4 Å². The number of nitrogens with one attached hydrogen (secondary N) is 2. The fraction of sp³-hybridized carbons (Fsp3) is 0.167. The molecule has 0 aromatic heterocycles. The Morgan fingerprint density at radius 1 is 1.18 bits per heavy atom. The molecule has 1 aromatic rings. The van der Waals surface area contributed by atoms with Crippen molar-refractivity contribution in [2.75, 3.05) is 5.32 Å². The van der Waals surface area contributed by atoms with Gasteiger partial charge in [0.05, 0.1) is 0 Å². The molecule has 1 rings (SSSR count).